The summed E-state index contributed by atoms with van der Waals surface area (Å²) in [7, 11) is 0. The van der Waals surface area contributed by atoms with E-state index in [9.17, 15) is 0 Å². The van der Waals surface area contributed by atoms with E-state index in [0.29, 0.717) is 13.2 Å². The van der Waals surface area contributed by atoms with E-state index in [0.717, 1.165) is 11.4 Å². The largest absolute Gasteiger partial charge is 0.492 e. The Bertz CT molecular complexity index is 414. The van der Waals surface area contributed by atoms with Crippen molar-refractivity contribution in [3.05, 3.63) is 30.6 Å². The fraction of sp³-hybridized carbons (Fsp3) is 0.222. The molecule has 0 aliphatic heterocycles. The van der Waals surface area contributed by atoms with Crippen molar-refractivity contribution in [2.45, 2.75) is 0 Å². The summed E-state index contributed by atoms with van der Waals surface area (Å²) in [6, 6.07) is 7.49. The average molecular weight is 205 g/mol. The molecule has 78 valence electrons. The van der Waals surface area contributed by atoms with Gasteiger partial charge >= 0.3 is 0 Å². The molecule has 0 fully saturated rings. The molecule has 1 heterocycles. The maximum Gasteiger partial charge on any atom is 0.143 e. The molecule has 0 bridgehead atoms. The smallest absolute Gasteiger partial charge is 0.143 e. The standard InChI is InChI=1S/C9H11N5O/c10-4-5-15-9-3-1-2-8(6-9)14-7-11-12-13-14/h1-3,6-7H,4-5,10H2. The second-order valence-corrected chi connectivity index (χ2v) is 2.89. The molecule has 0 aliphatic carbocycles. The van der Waals surface area contributed by atoms with Crippen LogP contribution in [-0.4, -0.2) is 33.4 Å². The lowest BCUT2D eigenvalue weighted by molar-refractivity contribution is 0.328. The fourth-order valence-corrected chi connectivity index (χ4v) is 1.17. The Morgan fingerprint density at radius 1 is 1.40 bits per heavy atom. The molecule has 0 saturated heterocycles. The highest BCUT2D eigenvalue weighted by Crippen LogP contribution is 2.15. The van der Waals surface area contributed by atoms with Gasteiger partial charge in [0.1, 0.15) is 18.7 Å². The lowest BCUT2D eigenvalue weighted by Crippen LogP contribution is -2.10. The fourth-order valence-electron chi connectivity index (χ4n) is 1.17. The van der Waals surface area contributed by atoms with Crippen molar-refractivity contribution < 1.29 is 4.74 Å². The summed E-state index contributed by atoms with van der Waals surface area (Å²) in [5.41, 5.74) is 6.20. The molecule has 6 nitrogen and oxygen atoms in total. The Kier molecular flexibility index (Phi) is 2.89. The first-order valence-corrected chi connectivity index (χ1v) is 4.56. The maximum atomic E-state index is 5.39. The van der Waals surface area contributed by atoms with Gasteiger partial charge in [-0.25, -0.2) is 4.68 Å². The second kappa shape index (κ2) is 4.52. The third-order valence-corrected chi connectivity index (χ3v) is 1.82. The van der Waals surface area contributed by atoms with E-state index >= 15 is 0 Å². The normalized spacial score (nSPS) is 10.2. The van der Waals surface area contributed by atoms with Crippen LogP contribution in [-0.2, 0) is 0 Å². The van der Waals surface area contributed by atoms with Crippen LogP contribution in [0.3, 0.4) is 0 Å². The van der Waals surface area contributed by atoms with Crippen LogP contribution in [0.5, 0.6) is 5.75 Å². The van der Waals surface area contributed by atoms with Crippen LogP contribution in [0.25, 0.3) is 5.69 Å². The second-order valence-electron chi connectivity index (χ2n) is 2.89. The third kappa shape index (κ3) is 2.29. The predicted octanol–water partition coefficient (Wildman–Crippen LogP) is -0.000200. The first-order valence-electron chi connectivity index (χ1n) is 4.56. The van der Waals surface area contributed by atoms with Crippen LogP contribution >= 0.6 is 0 Å². The molecule has 0 atom stereocenters. The highest BCUT2D eigenvalue weighted by atomic mass is 16.5. The van der Waals surface area contributed by atoms with Gasteiger partial charge in [0.05, 0.1) is 5.69 Å². The van der Waals surface area contributed by atoms with E-state index in [1.54, 1.807) is 4.68 Å². The van der Waals surface area contributed by atoms with Gasteiger partial charge in [-0.2, -0.15) is 0 Å². The van der Waals surface area contributed by atoms with Gasteiger partial charge in [0.2, 0.25) is 0 Å². The number of hydrogen-bond acceptors (Lipinski definition) is 5. The molecule has 0 spiro atoms. The number of ether oxygens (including phenoxy) is 1. The zero-order valence-electron chi connectivity index (χ0n) is 8.08. The van der Waals surface area contributed by atoms with E-state index in [2.05, 4.69) is 15.5 Å². The Balaban J connectivity index is 2.19. The molecule has 2 N–H and O–H groups in total. The monoisotopic (exact) mass is 205 g/mol. The summed E-state index contributed by atoms with van der Waals surface area (Å²) in [6.07, 6.45) is 1.53. The van der Waals surface area contributed by atoms with Gasteiger partial charge in [-0.3, -0.25) is 0 Å². The van der Waals surface area contributed by atoms with E-state index in [4.69, 9.17) is 10.5 Å². The third-order valence-electron chi connectivity index (χ3n) is 1.82. The number of tetrazole rings is 1. The topological polar surface area (TPSA) is 78.9 Å². The van der Waals surface area contributed by atoms with Gasteiger partial charge in [0, 0.05) is 12.6 Å². The minimum absolute atomic E-state index is 0.495. The Labute approximate surface area is 86.7 Å². The molecule has 2 rings (SSSR count). The number of hydrogen-bond donors (Lipinski definition) is 1. The van der Waals surface area contributed by atoms with Crippen LogP contribution in [0.4, 0.5) is 0 Å². The van der Waals surface area contributed by atoms with Crippen molar-refractivity contribution in [1.29, 1.82) is 0 Å². The molecule has 0 amide bonds. The Morgan fingerprint density at radius 2 is 2.33 bits per heavy atom. The molecule has 2 aromatic rings. The quantitative estimate of drug-likeness (QED) is 0.760. The van der Waals surface area contributed by atoms with Gasteiger partial charge in [0.15, 0.2) is 0 Å². The first-order chi connectivity index (χ1) is 7.40. The Hall–Kier alpha value is -1.95. The first kappa shape index (κ1) is 9.60. The molecule has 1 aromatic heterocycles. The van der Waals surface area contributed by atoms with Crippen molar-refractivity contribution in [2.24, 2.45) is 5.73 Å². The number of aromatic nitrogens is 4. The number of benzene rings is 1. The highest BCUT2D eigenvalue weighted by Gasteiger charge is 1.99. The van der Waals surface area contributed by atoms with Crippen LogP contribution in [0, 0.1) is 0 Å². The molecule has 0 unspecified atom stereocenters. The van der Waals surface area contributed by atoms with Crippen molar-refractivity contribution in [2.75, 3.05) is 13.2 Å². The van der Waals surface area contributed by atoms with Gasteiger partial charge in [-0.1, -0.05) is 6.07 Å². The molecule has 15 heavy (non-hydrogen) atoms. The number of nitrogens with two attached hydrogens (primary N) is 1. The number of nitrogens with zero attached hydrogens (tertiary/aromatic N) is 4. The molecule has 0 saturated carbocycles. The van der Waals surface area contributed by atoms with Crippen LogP contribution in [0.2, 0.25) is 0 Å². The van der Waals surface area contributed by atoms with Crippen molar-refractivity contribution in [3.8, 4) is 11.4 Å². The summed E-state index contributed by atoms with van der Waals surface area (Å²) >= 11 is 0. The summed E-state index contributed by atoms with van der Waals surface area (Å²) in [5, 5.41) is 10.9. The molecule has 0 radical (unpaired) electrons. The van der Waals surface area contributed by atoms with Crippen molar-refractivity contribution in [1.82, 2.24) is 20.2 Å². The van der Waals surface area contributed by atoms with Gasteiger partial charge in [-0.05, 0) is 22.6 Å². The summed E-state index contributed by atoms with van der Waals surface area (Å²) in [5.74, 6) is 0.758. The SMILES string of the molecule is NCCOc1cccc(-n2cnnn2)c1. The zero-order chi connectivity index (χ0) is 10.5. The zero-order valence-corrected chi connectivity index (χ0v) is 8.08. The average Bonchev–Trinajstić information content (AvgIpc) is 2.80. The maximum absolute atomic E-state index is 5.39. The molecule has 1 aromatic carbocycles. The minimum Gasteiger partial charge on any atom is -0.492 e. The van der Waals surface area contributed by atoms with Crippen LogP contribution < -0.4 is 10.5 Å². The lowest BCUT2D eigenvalue weighted by Gasteiger charge is -2.05. The van der Waals surface area contributed by atoms with Gasteiger partial charge in [-0.15, -0.1) is 5.10 Å². The summed E-state index contributed by atoms with van der Waals surface area (Å²) < 4.78 is 6.95. The summed E-state index contributed by atoms with van der Waals surface area (Å²) in [4.78, 5) is 0. The Morgan fingerprint density at radius 3 is 3.07 bits per heavy atom. The minimum atomic E-state index is 0.495. The van der Waals surface area contributed by atoms with E-state index < -0.39 is 0 Å². The van der Waals surface area contributed by atoms with Crippen molar-refractivity contribution >= 4 is 0 Å². The molecular weight excluding hydrogens is 194 g/mol. The van der Waals surface area contributed by atoms with Gasteiger partial charge < -0.3 is 10.5 Å². The molecule has 6 heteroatoms. The van der Waals surface area contributed by atoms with E-state index in [1.807, 2.05) is 24.3 Å². The number of rotatable bonds is 4. The predicted molar refractivity (Wildman–Crippen MR) is 53.7 cm³/mol. The van der Waals surface area contributed by atoms with Crippen LogP contribution in [0.1, 0.15) is 0 Å². The van der Waals surface area contributed by atoms with E-state index in [-0.39, 0.29) is 0 Å². The van der Waals surface area contributed by atoms with E-state index in [1.165, 1.54) is 6.33 Å². The lowest BCUT2D eigenvalue weighted by atomic mass is 10.3. The van der Waals surface area contributed by atoms with Gasteiger partial charge in [0.25, 0.3) is 0 Å². The molecular formula is C9H11N5O. The highest BCUT2D eigenvalue weighted by molar-refractivity contribution is 5.37. The molecule has 0 aliphatic rings. The summed E-state index contributed by atoms with van der Waals surface area (Å²) in [6.45, 7) is 0.994. The van der Waals surface area contributed by atoms with Crippen LogP contribution in [0.15, 0.2) is 30.6 Å². The van der Waals surface area contributed by atoms with Crippen molar-refractivity contribution in [3.63, 3.8) is 0 Å².